The van der Waals surface area contributed by atoms with Crippen molar-refractivity contribution in [3.05, 3.63) is 87.8 Å². The molecule has 0 saturated carbocycles. The fourth-order valence-corrected chi connectivity index (χ4v) is 4.48. The van der Waals surface area contributed by atoms with Crippen LogP contribution in [0.4, 0.5) is 11.5 Å². The number of nitrogens with one attached hydrogen (secondary N) is 3. The van der Waals surface area contributed by atoms with Crippen molar-refractivity contribution in [2.45, 2.75) is 32.6 Å². The maximum Gasteiger partial charge on any atom is 0.259 e. The molecule has 4 aromatic rings. The molecule has 188 valence electrons. The fraction of sp³-hybridized carbons (Fsp3) is 0.259. The molecule has 8 nitrogen and oxygen atoms in total. The number of hydrogen-bond acceptors (Lipinski definition) is 6. The van der Waals surface area contributed by atoms with Crippen molar-refractivity contribution in [3.63, 3.8) is 0 Å². The van der Waals surface area contributed by atoms with Crippen LogP contribution in [0.2, 0.25) is 0 Å². The van der Waals surface area contributed by atoms with Crippen LogP contribution < -0.4 is 21.3 Å². The second kappa shape index (κ2) is 11.5. The van der Waals surface area contributed by atoms with E-state index in [0.29, 0.717) is 17.1 Å². The summed E-state index contributed by atoms with van der Waals surface area (Å²) in [5.74, 6) is 1.19. The minimum Gasteiger partial charge on any atom is -0.340 e. The van der Waals surface area contributed by atoms with Gasteiger partial charge < -0.3 is 15.6 Å². The van der Waals surface area contributed by atoms with Crippen molar-refractivity contribution in [2.24, 2.45) is 5.14 Å². The number of H-pyrrole nitrogens is 1. The Labute approximate surface area is 212 Å². The lowest BCUT2D eigenvalue weighted by atomic mass is 9.90. The summed E-state index contributed by atoms with van der Waals surface area (Å²) < 4.78 is 17.6. The van der Waals surface area contributed by atoms with Gasteiger partial charge in [-0.3, -0.25) is 4.79 Å². The minimum atomic E-state index is -2.62. The van der Waals surface area contributed by atoms with Gasteiger partial charge in [-0.15, -0.1) is 0 Å². The molecule has 1 aliphatic rings. The van der Waals surface area contributed by atoms with Crippen molar-refractivity contribution >= 4 is 33.2 Å². The number of hydrogen-bond donors (Lipinski definition) is 5. The van der Waals surface area contributed by atoms with Gasteiger partial charge in [0.05, 0.1) is 11.1 Å². The smallest absolute Gasteiger partial charge is 0.259 e. The van der Waals surface area contributed by atoms with Gasteiger partial charge in [0.15, 0.2) is 10.9 Å². The first-order valence-corrected chi connectivity index (χ1v) is 13.1. The molecule has 5 N–H and O–H groups in total. The Balaban J connectivity index is 0.000000709. The van der Waals surface area contributed by atoms with E-state index >= 15 is 0 Å². The Morgan fingerprint density at radius 3 is 2.33 bits per heavy atom. The summed E-state index contributed by atoms with van der Waals surface area (Å²) >= 11 is 0. The molecule has 0 unspecified atom stereocenters. The van der Waals surface area contributed by atoms with Gasteiger partial charge in [0, 0.05) is 17.4 Å². The Kier molecular flexibility index (Phi) is 8.14. The largest absolute Gasteiger partial charge is 0.340 e. The van der Waals surface area contributed by atoms with Crippen LogP contribution in [0.5, 0.6) is 0 Å². The number of pyridine rings is 2. The lowest BCUT2D eigenvalue weighted by Crippen LogP contribution is -2.26. The molecular weight excluding hydrogens is 474 g/mol. The van der Waals surface area contributed by atoms with E-state index in [0.717, 1.165) is 35.4 Å². The van der Waals surface area contributed by atoms with E-state index in [9.17, 15) is 4.79 Å². The van der Waals surface area contributed by atoms with Crippen LogP contribution in [0.25, 0.3) is 22.0 Å². The van der Waals surface area contributed by atoms with Crippen molar-refractivity contribution in [3.8, 4) is 11.3 Å². The summed E-state index contributed by atoms with van der Waals surface area (Å²) in [6.45, 7) is 6.36. The zero-order valence-corrected chi connectivity index (χ0v) is 21.3. The zero-order chi connectivity index (χ0) is 25.7. The number of aromatic amines is 1. The summed E-state index contributed by atoms with van der Waals surface area (Å²) in [4.78, 5) is 20.3. The molecule has 0 atom stereocenters. The van der Waals surface area contributed by atoms with Gasteiger partial charge in [-0.1, -0.05) is 24.3 Å². The SMILES string of the molecule is Cc1ccc(-c2cc3cc[nH]c(=O)c3c(Nc3ccc(C4CCNCC4)cc3)n2)cc1C.N[SH](=O)=O. The summed E-state index contributed by atoms with van der Waals surface area (Å²) in [5.41, 5.74) is 6.51. The highest BCUT2D eigenvalue weighted by atomic mass is 32.2. The van der Waals surface area contributed by atoms with Crippen LogP contribution in [0.15, 0.2) is 65.6 Å². The molecular formula is C27H31N5O3S. The van der Waals surface area contributed by atoms with Crippen LogP contribution in [-0.4, -0.2) is 31.5 Å². The fourth-order valence-electron chi connectivity index (χ4n) is 4.48. The van der Waals surface area contributed by atoms with E-state index in [1.807, 2.05) is 12.1 Å². The molecule has 0 bridgehead atoms. The lowest BCUT2D eigenvalue weighted by molar-refractivity contribution is 0.460. The van der Waals surface area contributed by atoms with E-state index in [2.05, 4.69) is 77.1 Å². The molecule has 0 spiro atoms. The number of anilines is 2. The highest BCUT2D eigenvalue weighted by Crippen LogP contribution is 2.30. The van der Waals surface area contributed by atoms with E-state index in [1.165, 1.54) is 29.5 Å². The third-order valence-electron chi connectivity index (χ3n) is 6.54. The normalized spacial score (nSPS) is 13.9. The lowest BCUT2D eigenvalue weighted by Gasteiger charge is -2.23. The summed E-state index contributed by atoms with van der Waals surface area (Å²) in [7, 11) is -2.62. The van der Waals surface area contributed by atoms with Crippen LogP contribution in [0.1, 0.15) is 35.4 Å². The third kappa shape index (κ3) is 6.17. The molecule has 2 aromatic carbocycles. The standard InChI is InChI=1S/C27H28N4O.H3NO2S/c1-17-3-4-21(15-18(17)2)24-16-22-11-14-29-27(32)25(22)26(31-24)30-23-7-5-19(6-8-23)20-9-12-28-13-10-20;1-4(2)3/h3-8,11,14-16,20,28H,9-10,12-13H2,1-2H3,(H,29,32)(H,30,31);4H,(H2,1,2,3). The summed E-state index contributed by atoms with van der Waals surface area (Å²) in [6, 6.07) is 18.8. The highest BCUT2D eigenvalue weighted by molar-refractivity contribution is 7.69. The molecule has 36 heavy (non-hydrogen) atoms. The molecule has 3 heterocycles. The molecule has 0 radical (unpaired) electrons. The molecule has 9 heteroatoms. The first kappa shape index (κ1) is 25.6. The second-order valence-electron chi connectivity index (χ2n) is 8.98. The summed E-state index contributed by atoms with van der Waals surface area (Å²) in [6.07, 6.45) is 4.03. The van der Waals surface area contributed by atoms with E-state index in [4.69, 9.17) is 13.4 Å². The van der Waals surface area contributed by atoms with Gasteiger partial charge >= 0.3 is 0 Å². The summed E-state index contributed by atoms with van der Waals surface area (Å²) in [5, 5.41) is 12.3. The quantitative estimate of drug-likeness (QED) is 0.268. The molecule has 1 aliphatic heterocycles. The topological polar surface area (TPSA) is 130 Å². The predicted octanol–water partition coefficient (Wildman–Crippen LogP) is 3.89. The molecule has 5 rings (SSSR count). The van der Waals surface area contributed by atoms with Crippen molar-refractivity contribution in [1.82, 2.24) is 15.3 Å². The van der Waals surface area contributed by atoms with Crippen LogP contribution in [0, 0.1) is 13.8 Å². The number of nitrogens with two attached hydrogens (primary N) is 1. The van der Waals surface area contributed by atoms with E-state index in [1.54, 1.807) is 6.20 Å². The van der Waals surface area contributed by atoms with Crippen molar-refractivity contribution in [1.29, 1.82) is 0 Å². The number of aromatic nitrogens is 2. The van der Waals surface area contributed by atoms with E-state index in [-0.39, 0.29) is 5.56 Å². The van der Waals surface area contributed by atoms with Crippen LogP contribution >= 0.6 is 0 Å². The first-order chi connectivity index (χ1) is 17.3. The second-order valence-corrected chi connectivity index (χ2v) is 9.55. The Hall–Kier alpha value is -3.53. The van der Waals surface area contributed by atoms with Gasteiger partial charge in [-0.05, 0) is 98.1 Å². The maximum absolute atomic E-state index is 12.7. The average Bonchev–Trinajstić information content (AvgIpc) is 2.86. The average molecular weight is 506 g/mol. The third-order valence-corrected chi connectivity index (χ3v) is 6.54. The van der Waals surface area contributed by atoms with Gasteiger partial charge in [-0.25, -0.2) is 18.5 Å². The number of rotatable bonds is 4. The first-order valence-electron chi connectivity index (χ1n) is 11.9. The van der Waals surface area contributed by atoms with Gasteiger partial charge in [0.25, 0.3) is 5.56 Å². The Bertz CT molecular complexity index is 1480. The maximum atomic E-state index is 12.7. The number of thiol groups is 1. The predicted molar refractivity (Wildman–Crippen MR) is 146 cm³/mol. The van der Waals surface area contributed by atoms with Gasteiger partial charge in [0.2, 0.25) is 0 Å². The molecule has 1 fully saturated rings. The molecule has 0 amide bonds. The Morgan fingerprint density at radius 2 is 1.67 bits per heavy atom. The number of benzene rings is 2. The monoisotopic (exact) mass is 505 g/mol. The molecule has 1 saturated heterocycles. The molecule has 2 aromatic heterocycles. The van der Waals surface area contributed by atoms with Crippen LogP contribution in [-0.2, 0) is 10.9 Å². The Morgan fingerprint density at radius 1 is 0.972 bits per heavy atom. The van der Waals surface area contributed by atoms with Crippen molar-refractivity contribution in [2.75, 3.05) is 18.4 Å². The minimum absolute atomic E-state index is 0.143. The zero-order valence-electron chi connectivity index (χ0n) is 20.4. The highest BCUT2D eigenvalue weighted by Gasteiger charge is 2.16. The number of nitrogens with zero attached hydrogens (tertiary/aromatic N) is 1. The van der Waals surface area contributed by atoms with Gasteiger partial charge in [-0.2, -0.15) is 0 Å². The molecule has 0 aliphatic carbocycles. The van der Waals surface area contributed by atoms with Crippen LogP contribution in [0.3, 0.4) is 0 Å². The van der Waals surface area contributed by atoms with E-state index < -0.39 is 10.9 Å². The van der Waals surface area contributed by atoms with Crippen molar-refractivity contribution < 1.29 is 8.42 Å². The number of aryl methyl sites for hydroxylation is 2. The van der Waals surface area contributed by atoms with Gasteiger partial charge in [0.1, 0.15) is 5.82 Å². The number of fused-ring (bicyclic) bond motifs is 1. The number of piperidine rings is 1.